The normalized spacial score (nSPS) is 11.2. The third kappa shape index (κ3) is 2.25. The lowest BCUT2D eigenvalue weighted by Crippen LogP contribution is -2.01. The lowest BCUT2D eigenvalue weighted by atomic mass is 10.2. The largest absolute Gasteiger partial charge is 0.326 e. The second-order valence-corrected chi connectivity index (χ2v) is 4.80. The number of hydrogen-bond donors (Lipinski definition) is 0. The van der Waals surface area contributed by atoms with Gasteiger partial charge in [-0.05, 0) is 18.2 Å². The van der Waals surface area contributed by atoms with Gasteiger partial charge < -0.3 is 4.57 Å². The maximum atomic E-state index is 13.7. The van der Waals surface area contributed by atoms with Gasteiger partial charge >= 0.3 is 0 Å². The van der Waals surface area contributed by atoms with E-state index >= 15 is 0 Å². The van der Waals surface area contributed by atoms with E-state index in [0.717, 1.165) is 12.1 Å². The molecule has 3 rings (SSSR count). The number of imidazole rings is 1. The van der Waals surface area contributed by atoms with Gasteiger partial charge in [-0.15, -0.1) is 0 Å². The topological polar surface area (TPSA) is 17.8 Å². The molecule has 20 heavy (non-hydrogen) atoms. The van der Waals surface area contributed by atoms with E-state index < -0.39 is 17.5 Å². The van der Waals surface area contributed by atoms with E-state index in [1.165, 1.54) is 29.1 Å². The van der Waals surface area contributed by atoms with Crippen LogP contribution < -0.4 is 0 Å². The highest BCUT2D eigenvalue weighted by atomic mass is 35.5. The highest BCUT2D eigenvalue weighted by Crippen LogP contribution is 2.21. The quantitative estimate of drug-likeness (QED) is 0.694. The van der Waals surface area contributed by atoms with Crippen molar-refractivity contribution in [1.82, 2.24) is 9.55 Å². The van der Waals surface area contributed by atoms with Gasteiger partial charge in [0, 0.05) is 22.7 Å². The molecular formula is C14H8ClF3N2. The average Bonchev–Trinajstić information content (AvgIpc) is 2.77. The summed E-state index contributed by atoms with van der Waals surface area (Å²) in [5.41, 5.74) is 1.05. The second kappa shape index (κ2) is 4.83. The summed E-state index contributed by atoms with van der Waals surface area (Å²) in [4.78, 5) is 3.97. The average molecular weight is 297 g/mol. The third-order valence-corrected chi connectivity index (χ3v) is 3.25. The maximum Gasteiger partial charge on any atom is 0.161 e. The van der Waals surface area contributed by atoms with Crippen molar-refractivity contribution in [2.24, 2.45) is 0 Å². The zero-order valence-electron chi connectivity index (χ0n) is 10.1. The summed E-state index contributed by atoms with van der Waals surface area (Å²) in [7, 11) is 0. The van der Waals surface area contributed by atoms with E-state index in [9.17, 15) is 13.2 Å². The molecule has 0 saturated carbocycles. The fourth-order valence-corrected chi connectivity index (χ4v) is 2.22. The van der Waals surface area contributed by atoms with Crippen LogP contribution in [0, 0.1) is 17.5 Å². The van der Waals surface area contributed by atoms with Crippen molar-refractivity contribution < 1.29 is 13.2 Å². The first-order valence-corrected chi connectivity index (χ1v) is 6.16. The number of benzene rings is 2. The third-order valence-electron chi connectivity index (χ3n) is 3.01. The molecule has 3 aromatic rings. The molecule has 0 aliphatic heterocycles. The van der Waals surface area contributed by atoms with Gasteiger partial charge in [0.15, 0.2) is 11.6 Å². The Morgan fingerprint density at radius 1 is 1.00 bits per heavy atom. The highest BCUT2D eigenvalue weighted by molar-refractivity contribution is 6.30. The lowest BCUT2D eigenvalue weighted by molar-refractivity contribution is 0.510. The summed E-state index contributed by atoms with van der Waals surface area (Å²) in [6.07, 6.45) is 1.41. The molecular weight excluding hydrogens is 289 g/mol. The number of halogens is 4. The molecule has 0 fully saturated rings. The SMILES string of the molecule is Fc1cc2ncn(Cc3cc(Cl)ccc3F)c2cc1F. The first-order chi connectivity index (χ1) is 9.54. The van der Waals surface area contributed by atoms with E-state index in [1.807, 2.05) is 0 Å². The number of nitrogens with zero attached hydrogens (tertiary/aromatic N) is 2. The van der Waals surface area contributed by atoms with Gasteiger partial charge in [0.25, 0.3) is 0 Å². The van der Waals surface area contributed by atoms with Crippen molar-refractivity contribution in [2.75, 3.05) is 0 Å². The van der Waals surface area contributed by atoms with Gasteiger partial charge in [-0.2, -0.15) is 0 Å². The first kappa shape index (κ1) is 13.0. The van der Waals surface area contributed by atoms with Gasteiger partial charge in [0.2, 0.25) is 0 Å². The fraction of sp³-hybridized carbons (Fsp3) is 0.0714. The molecule has 2 aromatic carbocycles. The molecule has 1 aromatic heterocycles. The van der Waals surface area contributed by atoms with Crippen LogP contribution in [0.5, 0.6) is 0 Å². The minimum Gasteiger partial charge on any atom is -0.326 e. The van der Waals surface area contributed by atoms with E-state index in [0.29, 0.717) is 21.6 Å². The van der Waals surface area contributed by atoms with Crippen LogP contribution in [-0.2, 0) is 6.54 Å². The molecule has 0 amide bonds. The molecule has 0 saturated heterocycles. The Balaban J connectivity index is 2.07. The molecule has 0 unspecified atom stereocenters. The number of aromatic nitrogens is 2. The van der Waals surface area contributed by atoms with Crippen molar-refractivity contribution in [2.45, 2.75) is 6.54 Å². The van der Waals surface area contributed by atoms with Crippen molar-refractivity contribution >= 4 is 22.6 Å². The van der Waals surface area contributed by atoms with Crippen molar-refractivity contribution in [3.05, 3.63) is 64.7 Å². The molecule has 0 aliphatic rings. The standard InChI is InChI=1S/C14H8ClF3N2/c15-9-1-2-10(16)8(3-9)6-20-7-19-13-4-11(17)12(18)5-14(13)20/h1-5,7H,6H2. The molecule has 0 bridgehead atoms. The lowest BCUT2D eigenvalue weighted by Gasteiger charge is -2.06. The van der Waals surface area contributed by atoms with Gasteiger partial charge in [-0.1, -0.05) is 11.6 Å². The van der Waals surface area contributed by atoms with Gasteiger partial charge in [0.05, 0.1) is 23.9 Å². The summed E-state index contributed by atoms with van der Waals surface area (Å²) >= 11 is 5.82. The number of fused-ring (bicyclic) bond motifs is 1. The molecule has 6 heteroatoms. The van der Waals surface area contributed by atoms with Crippen molar-refractivity contribution in [3.63, 3.8) is 0 Å². The molecule has 0 N–H and O–H groups in total. The van der Waals surface area contributed by atoms with Crippen LogP contribution in [0.4, 0.5) is 13.2 Å². The maximum absolute atomic E-state index is 13.7. The Morgan fingerprint density at radius 3 is 2.55 bits per heavy atom. The molecule has 1 heterocycles. The Kier molecular flexibility index (Phi) is 3.14. The Hall–Kier alpha value is -2.01. The minimum absolute atomic E-state index is 0.133. The zero-order valence-corrected chi connectivity index (χ0v) is 10.8. The number of rotatable bonds is 2. The van der Waals surface area contributed by atoms with Gasteiger partial charge in [-0.25, -0.2) is 18.2 Å². The molecule has 0 spiro atoms. The van der Waals surface area contributed by atoms with Crippen LogP contribution in [-0.4, -0.2) is 9.55 Å². The Bertz CT molecular complexity index is 798. The number of hydrogen-bond acceptors (Lipinski definition) is 1. The van der Waals surface area contributed by atoms with Gasteiger partial charge in [0.1, 0.15) is 5.82 Å². The van der Waals surface area contributed by atoms with Crippen LogP contribution in [0.15, 0.2) is 36.7 Å². The summed E-state index contributed by atoms with van der Waals surface area (Å²) in [5, 5.41) is 0.406. The fourth-order valence-electron chi connectivity index (χ4n) is 2.03. The molecule has 0 atom stereocenters. The highest BCUT2D eigenvalue weighted by Gasteiger charge is 2.11. The van der Waals surface area contributed by atoms with Crippen LogP contribution in [0.2, 0.25) is 5.02 Å². The molecule has 0 aliphatic carbocycles. The monoisotopic (exact) mass is 296 g/mol. The van der Waals surface area contributed by atoms with E-state index in [4.69, 9.17) is 11.6 Å². The van der Waals surface area contributed by atoms with E-state index in [-0.39, 0.29) is 6.54 Å². The summed E-state index contributed by atoms with van der Waals surface area (Å²) in [6, 6.07) is 6.25. The Morgan fingerprint density at radius 2 is 1.75 bits per heavy atom. The van der Waals surface area contributed by atoms with Gasteiger partial charge in [-0.3, -0.25) is 0 Å². The second-order valence-electron chi connectivity index (χ2n) is 4.36. The summed E-state index contributed by atoms with van der Waals surface area (Å²) < 4.78 is 41.6. The smallest absolute Gasteiger partial charge is 0.161 e. The van der Waals surface area contributed by atoms with Crippen molar-refractivity contribution in [1.29, 1.82) is 0 Å². The predicted octanol–water partition coefficient (Wildman–Crippen LogP) is 4.16. The van der Waals surface area contributed by atoms with E-state index in [1.54, 1.807) is 0 Å². The minimum atomic E-state index is -0.967. The summed E-state index contributed by atoms with van der Waals surface area (Å²) in [6.45, 7) is 0.133. The van der Waals surface area contributed by atoms with E-state index in [2.05, 4.69) is 4.98 Å². The van der Waals surface area contributed by atoms with Crippen molar-refractivity contribution in [3.8, 4) is 0 Å². The molecule has 102 valence electrons. The van der Waals surface area contributed by atoms with Crippen LogP contribution in [0.3, 0.4) is 0 Å². The van der Waals surface area contributed by atoms with Crippen LogP contribution in [0.1, 0.15) is 5.56 Å². The molecule has 2 nitrogen and oxygen atoms in total. The van der Waals surface area contributed by atoms with Crippen LogP contribution >= 0.6 is 11.6 Å². The van der Waals surface area contributed by atoms with Crippen LogP contribution in [0.25, 0.3) is 11.0 Å². The predicted molar refractivity (Wildman–Crippen MR) is 70.2 cm³/mol. The molecule has 0 radical (unpaired) electrons. The summed E-state index contributed by atoms with van der Waals surface area (Å²) in [5.74, 6) is -2.35. The Labute approximate surface area is 117 Å². The first-order valence-electron chi connectivity index (χ1n) is 5.78. The zero-order chi connectivity index (χ0) is 14.3.